The van der Waals surface area contributed by atoms with Gasteiger partial charge in [-0.15, -0.1) is 0 Å². The van der Waals surface area contributed by atoms with Gasteiger partial charge in [0.1, 0.15) is 0 Å². The molecule has 0 aliphatic heterocycles. The first kappa shape index (κ1) is 14.5. The quantitative estimate of drug-likeness (QED) is 0.776. The molecule has 0 saturated heterocycles. The van der Waals surface area contributed by atoms with Crippen LogP contribution in [0.2, 0.25) is 0 Å². The first-order valence-electron chi connectivity index (χ1n) is 6.29. The van der Waals surface area contributed by atoms with Gasteiger partial charge in [0.15, 0.2) is 5.82 Å². The van der Waals surface area contributed by atoms with Crippen LogP contribution in [-0.2, 0) is 12.2 Å². The third-order valence-corrected chi connectivity index (χ3v) is 4.23. The molecule has 2 atom stereocenters. The molecular weight excluding hydrogens is 234 g/mol. The van der Waals surface area contributed by atoms with E-state index in [1.807, 2.05) is 18.8 Å². The highest BCUT2D eigenvalue weighted by Crippen LogP contribution is 2.18. The maximum Gasteiger partial charge on any atom is 0.228 e. The Labute approximate surface area is 108 Å². The normalized spacial score (nSPS) is 14.8. The van der Waals surface area contributed by atoms with Crippen molar-refractivity contribution < 1.29 is 4.52 Å². The van der Waals surface area contributed by atoms with E-state index in [0.29, 0.717) is 11.3 Å². The molecule has 1 aromatic heterocycles. The Morgan fingerprint density at radius 1 is 1.35 bits per heavy atom. The Hall–Kier alpha value is -0.550. The topological polar surface area (TPSA) is 51.0 Å². The molecule has 0 fully saturated rings. The third-order valence-electron chi connectivity index (χ3n) is 2.90. The average Bonchev–Trinajstić information content (AvgIpc) is 2.80. The average molecular weight is 257 g/mol. The van der Waals surface area contributed by atoms with Gasteiger partial charge < -0.3 is 9.84 Å². The van der Waals surface area contributed by atoms with E-state index in [1.54, 1.807) is 0 Å². The maximum absolute atomic E-state index is 5.25. The Morgan fingerprint density at radius 3 is 2.71 bits per heavy atom. The van der Waals surface area contributed by atoms with Crippen LogP contribution in [0.4, 0.5) is 0 Å². The molecule has 0 aliphatic carbocycles. The molecule has 1 aromatic rings. The first-order valence-corrected chi connectivity index (χ1v) is 7.34. The second kappa shape index (κ2) is 7.71. The minimum atomic E-state index is 0.422. The predicted molar refractivity (Wildman–Crippen MR) is 72.2 cm³/mol. The maximum atomic E-state index is 5.25. The van der Waals surface area contributed by atoms with E-state index in [0.717, 1.165) is 30.3 Å². The van der Waals surface area contributed by atoms with Crippen molar-refractivity contribution in [2.24, 2.45) is 0 Å². The van der Waals surface area contributed by atoms with Crippen LogP contribution in [0.3, 0.4) is 0 Å². The molecule has 5 heteroatoms. The van der Waals surface area contributed by atoms with Crippen molar-refractivity contribution in [2.45, 2.75) is 57.1 Å². The van der Waals surface area contributed by atoms with Gasteiger partial charge in [-0.3, -0.25) is 0 Å². The van der Waals surface area contributed by atoms with Crippen molar-refractivity contribution in [3.05, 3.63) is 11.7 Å². The standard InChI is InChI=1S/C12H23N3OS/c1-5-9(3)17-8-11-14-12(16-15-11)7-10(6-2)13-4/h9-10,13H,5-8H2,1-4H3. The Bertz CT molecular complexity index is 312. The highest BCUT2D eigenvalue weighted by Gasteiger charge is 2.12. The van der Waals surface area contributed by atoms with Gasteiger partial charge in [-0.05, 0) is 19.9 Å². The lowest BCUT2D eigenvalue weighted by Gasteiger charge is -2.09. The molecule has 0 aliphatic rings. The number of nitrogens with zero attached hydrogens (tertiary/aromatic N) is 2. The molecule has 0 bridgehead atoms. The van der Waals surface area contributed by atoms with Crippen LogP contribution in [0.25, 0.3) is 0 Å². The van der Waals surface area contributed by atoms with E-state index in [1.165, 1.54) is 6.42 Å². The van der Waals surface area contributed by atoms with Gasteiger partial charge in [0, 0.05) is 17.7 Å². The summed E-state index contributed by atoms with van der Waals surface area (Å²) in [5.74, 6) is 2.40. The number of rotatable bonds is 8. The number of likely N-dealkylation sites (N-methyl/N-ethyl adjacent to an activating group) is 1. The summed E-state index contributed by atoms with van der Waals surface area (Å²) in [7, 11) is 1.96. The minimum absolute atomic E-state index is 0.422. The van der Waals surface area contributed by atoms with E-state index in [2.05, 4.69) is 36.2 Å². The second-order valence-electron chi connectivity index (χ2n) is 4.23. The molecule has 4 nitrogen and oxygen atoms in total. The van der Waals surface area contributed by atoms with Crippen molar-refractivity contribution in [1.29, 1.82) is 0 Å². The molecule has 17 heavy (non-hydrogen) atoms. The molecule has 0 spiro atoms. The van der Waals surface area contributed by atoms with Gasteiger partial charge in [0.05, 0.1) is 5.75 Å². The summed E-state index contributed by atoms with van der Waals surface area (Å²) in [6.07, 6.45) is 3.05. The van der Waals surface area contributed by atoms with Gasteiger partial charge in [-0.2, -0.15) is 16.7 Å². The van der Waals surface area contributed by atoms with E-state index >= 15 is 0 Å². The van der Waals surface area contributed by atoms with Crippen LogP contribution in [0.1, 0.15) is 45.3 Å². The summed E-state index contributed by atoms with van der Waals surface area (Å²) in [5.41, 5.74) is 0. The van der Waals surface area contributed by atoms with Crippen molar-refractivity contribution in [3.8, 4) is 0 Å². The number of hydrogen-bond acceptors (Lipinski definition) is 5. The summed E-state index contributed by atoms with van der Waals surface area (Å²) in [6, 6.07) is 0.422. The van der Waals surface area contributed by atoms with Gasteiger partial charge in [0.2, 0.25) is 5.89 Å². The second-order valence-corrected chi connectivity index (χ2v) is 5.66. The van der Waals surface area contributed by atoms with Crippen LogP contribution in [0.15, 0.2) is 4.52 Å². The van der Waals surface area contributed by atoms with Crippen molar-refractivity contribution >= 4 is 11.8 Å². The largest absolute Gasteiger partial charge is 0.339 e. The zero-order chi connectivity index (χ0) is 12.7. The van der Waals surface area contributed by atoms with E-state index in [4.69, 9.17) is 4.52 Å². The summed E-state index contributed by atoms with van der Waals surface area (Å²) < 4.78 is 5.25. The number of nitrogens with one attached hydrogen (secondary N) is 1. The molecule has 0 amide bonds. The lowest BCUT2D eigenvalue weighted by molar-refractivity contribution is 0.356. The van der Waals surface area contributed by atoms with E-state index in [9.17, 15) is 0 Å². The Kier molecular flexibility index (Phi) is 6.58. The van der Waals surface area contributed by atoms with Gasteiger partial charge in [0.25, 0.3) is 0 Å². The number of hydrogen-bond donors (Lipinski definition) is 1. The first-order chi connectivity index (χ1) is 8.19. The Morgan fingerprint density at radius 2 is 2.12 bits per heavy atom. The van der Waals surface area contributed by atoms with Crippen molar-refractivity contribution in [3.63, 3.8) is 0 Å². The fourth-order valence-corrected chi connectivity index (χ4v) is 2.21. The molecule has 0 aromatic carbocycles. The molecule has 1 heterocycles. The summed E-state index contributed by atoms with van der Waals surface area (Å²) in [4.78, 5) is 4.41. The van der Waals surface area contributed by atoms with Gasteiger partial charge in [-0.25, -0.2) is 0 Å². The Balaban J connectivity index is 2.42. The fraction of sp³-hybridized carbons (Fsp3) is 0.833. The smallest absolute Gasteiger partial charge is 0.228 e. The van der Waals surface area contributed by atoms with Crippen molar-refractivity contribution in [2.75, 3.05) is 7.05 Å². The van der Waals surface area contributed by atoms with Crippen LogP contribution < -0.4 is 5.32 Å². The van der Waals surface area contributed by atoms with Crippen LogP contribution in [0, 0.1) is 0 Å². The highest BCUT2D eigenvalue weighted by molar-refractivity contribution is 7.99. The van der Waals surface area contributed by atoms with E-state index in [-0.39, 0.29) is 0 Å². The third kappa shape index (κ3) is 5.08. The summed E-state index contributed by atoms with van der Waals surface area (Å²) in [6.45, 7) is 6.56. The lowest BCUT2D eigenvalue weighted by atomic mass is 10.1. The molecule has 1 rings (SSSR count). The van der Waals surface area contributed by atoms with E-state index < -0.39 is 0 Å². The molecular formula is C12H23N3OS. The van der Waals surface area contributed by atoms with Gasteiger partial charge >= 0.3 is 0 Å². The lowest BCUT2D eigenvalue weighted by Crippen LogP contribution is -2.26. The zero-order valence-electron chi connectivity index (χ0n) is 11.2. The monoisotopic (exact) mass is 257 g/mol. The molecule has 0 saturated carbocycles. The highest BCUT2D eigenvalue weighted by atomic mass is 32.2. The SMILES string of the molecule is CCC(Cc1nc(CSC(C)CC)no1)NC. The summed E-state index contributed by atoms with van der Waals surface area (Å²) >= 11 is 1.87. The zero-order valence-corrected chi connectivity index (χ0v) is 12.0. The fourth-order valence-electron chi connectivity index (χ4n) is 1.43. The summed E-state index contributed by atoms with van der Waals surface area (Å²) in [5, 5.41) is 7.90. The number of thioether (sulfide) groups is 1. The molecule has 98 valence electrons. The number of aromatic nitrogens is 2. The minimum Gasteiger partial charge on any atom is -0.339 e. The van der Waals surface area contributed by atoms with Crippen LogP contribution >= 0.6 is 11.8 Å². The van der Waals surface area contributed by atoms with Gasteiger partial charge in [-0.1, -0.05) is 25.9 Å². The van der Waals surface area contributed by atoms with Crippen molar-refractivity contribution in [1.82, 2.24) is 15.5 Å². The molecule has 1 N–H and O–H groups in total. The van der Waals surface area contributed by atoms with Crippen LogP contribution in [0.5, 0.6) is 0 Å². The molecule has 0 radical (unpaired) electrons. The molecule has 2 unspecified atom stereocenters. The van der Waals surface area contributed by atoms with Crippen LogP contribution in [-0.4, -0.2) is 28.5 Å². The predicted octanol–water partition coefficient (Wildman–Crippen LogP) is 2.64.